The number of unbranched alkanes of at least 4 members (excludes halogenated alkanes) is 2. The van der Waals surface area contributed by atoms with Crippen LogP contribution < -0.4 is 9.47 Å². The van der Waals surface area contributed by atoms with Gasteiger partial charge in [-0.3, -0.25) is 4.79 Å². The first-order valence-electron chi connectivity index (χ1n) is 15.9. The molecule has 7 heteroatoms. The smallest absolute Gasteiger partial charge is 0.382 e. The van der Waals surface area contributed by atoms with Gasteiger partial charge in [0.25, 0.3) is 5.78 Å². The van der Waals surface area contributed by atoms with Gasteiger partial charge >= 0.3 is 11.9 Å². The lowest BCUT2D eigenvalue weighted by molar-refractivity contribution is -0.148. The van der Waals surface area contributed by atoms with E-state index in [1.54, 1.807) is 12.1 Å². The van der Waals surface area contributed by atoms with E-state index in [1.807, 2.05) is 12.1 Å². The maximum atomic E-state index is 12.2. The monoisotopic (exact) mass is 590 g/mol. The van der Waals surface area contributed by atoms with Crippen LogP contribution in [0.5, 0.6) is 11.5 Å². The quantitative estimate of drug-likeness (QED) is 0.0855. The summed E-state index contributed by atoms with van der Waals surface area (Å²) in [5, 5.41) is 18.2. The van der Waals surface area contributed by atoms with Crippen LogP contribution in [0, 0.1) is 17.8 Å². The molecule has 2 aliphatic rings. The lowest BCUT2D eigenvalue weighted by Crippen LogP contribution is -2.25. The van der Waals surface area contributed by atoms with Gasteiger partial charge in [-0.2, -0.15) is 0 Å². The van der Waals surface area contributed by atoms with Crippen molar-refractivity contribution in [3.63, 3.8) is 0 Å². The zero-order valence-electron chi connectivity index (χ0n) is 25.4. The Balaban J connectivity index is 1.39. The summed E-state index contributed by atoms with van der Waals surface area (Å²) < 4.78 is 10.5. The SMILES string of the molecule is C=C(CO)C(=O)Oc1cc(OC(=O)C(=O)CO)cc(-c2ccc(C3CCC(C4CCC(CCCCC)CC4)CC3)cc2)c1. The van der Waals surface area contributed by atoms with Crippen molar-refractivity contribution in [2.75, 3.05) is 13.2 Å². The molecule has 2 fully saturated rings. The highest BCUT2D eigenvalue weighted by Crippen LogP contribution is 2.45. The summed E-state index contributed by atoms with van der Waals surface area (Å²) in [5.41, 5.74) is 2.61. The first kappa shape index (κ1) is 32.6. The summed E-state index contributed by atoms with van der Waals surface area (Å²) >= 11 is 0. The highest BCUT2D eigenvalue weighted by molar-refractivity contribution is 6.34. The van der Waals surface area contributed by atoms with Crippen molar-refractivity contribution in [3.05, 3.63) is 60.2 Å². The molecule has 7 nitrogen and oxygen atoms in total. The molecule has 4 rings (SSSR count). The fraction of sp³-hybridized carbons (Fsp3) is 0.528. The van der Waals surface area contributed by atoms with Crippen LogP contribution in [0.4, 0.5) is 0 Å². The van der Waals surface area contributed by atoms with Gasteiger partial charge in [-0.15, -0.1) is 0 Å². The molecule has 0 atom stereocenters. The Labute approximate surface area is 255 Å². The average molecular weight is 591 g/mol. The van der Waals surface area contributed by atoms with Crippen molar-refractivity contribution >= 4 is 17.7 Å². The minimum atomic E-state index is -1.22. The number of rotatable bonds is 13. The standard InChI is InChI=1S/C36H46O7/c1-3-4-5-6-25-7-9-26(10-8-25)27-11-13-28(14-12-27)29-15-17-30(18-16-29)31-19-32(42-35(40)24(2)22-37)21-33(20-31)43-36(41)34(39)23-38/h15-21,25-28,37-38H,2-14,22-23H2,1H3. The van der Waals surface area contributed by atoms with Gasteiger partial charge in [0, 0.05) is 6.07 Å². The number of aliphatic hydroxyl groups excluding tert-OH is 2. The number of hydrogen-bond acceptors (Lipinski definition) is 7. The van der Waals surface area contributed by atoms with Crippen LogP contribution in [0.3, 0.4) is 0 Å². The van der Waals surface area contributed by atoms with Gasteiger partial charge in [-0.25, -0.2) is 9.59 Å². The van der Waals surface area contributed by atoms with Gasteiger partial charge in [0.05, 0.1) is 12.2 Å². The largest absolute Gasteiger partial charge is 0.423 e. The normalized spacial score (nSPS) is 22.0. The van der Waals surface area contributed by atoms with E-state index in [9.17, 15) is 19.5 Å². The summed E-state index contributed by atoms with van der Waals surface area (Å²) in [5.74, 6) is 0.164. The first-order valence-corrected chi connectivity index (χ1v) is 15.9. The zero-order valence-corrected chi connectivity index (χ0v) is 25.4. The van der Waals surface area contributed by atoms with E-state index in [0.717, 1.165) is 23.3 Å². The van der Waals surface area contributed by atoms with E-state index in [2.05, 4.69) is 25.6 Å². The number of Topliss-reactive ketones (excluding diaryl/α,β-unsaturated/α-hetero) is 1. The molecule has 0 amide bonds. The third kappa shape index (κ3) is 9.10. The summed E-state index contributed by atoms with van der Waals surface area (Å²) in [6.07, 6.45) is 16.2. The van der Waals surface area contributed by atoms with E-state index in [-0.39, 0.29) is 17.1 Å². The van der Waals surface area contributed by atoms with Crippen molar-refractivity contribution in [2.45, 2.75) is 89.9 Å². The van der Waals surface area contributed by atoms with Crippen molar-refractivity contribution in [2.24, 2.45) is 17.8 Å². The van der Waals surface area contributed by atoms with Gasteiger partial charge in [-0.1, -0.05) is 76.3 Å². The van der Waals surface area contributed by atoms with Gasteiger partial charge in [-0.05, 0) is 91.0 Å². The Bertz CT molecular complexity index is 1200. The highest BCUT2D eigenvalue weighted by Gasteiger charge is 2.31. The Morgan fingerprint density at radius 3 is 1.88 bits per heavy atom. The summed E-state index contributed by atoms with van der Waals surface area (Å²) in [6.45, 7) is 4.22. The molecule has 0 radical (unpaired) electrons. The second kappa shape index (κ2) is 16.0. The van der Waals surface area contributed by atoms with E-state index >= 15 is 0 Å². The molecule has 2 aromatic carbocycles. The minimum absolute atomic E-state index is 0.0147. The van der Waals surface area contributed by atoms with E-state index in [1.165, 1.54) is 88.7 Å². The van der Waals surface area contributed by atoms with Crippen LogP contribution >= 0.6 is 0 Å². The average Bonchev–Trinajstić information content (AvgIpc) is 3.04. The number of hydrogen-bond donors (Lipinski definition) is 2. The summed E-state index contributed by atoms with van der Waals surface area (Å²) in [7, 11) is 0. The molecule has 0 saturated heterocycles. The molecule has 0 aliphatic heterocycles. The van der Waals surface area contributed by atoms with E-state index in [4.69, 9.17) is 14.6 Å². The molecule has 0 bridgehead atoms. The fourth-order valence-corrected chi connectivity index (χ4v) is 6.83. The minimum Gasteiger partial charge on any atom is -0.423 e. The number of esters is 2. The van der Waals surface area contributed by atoms with Crippen molar-refractivity contribution in [1.82, 2.24) is 0 Å². The number of ketones is 1. The number of benzene rings is 2. The highest BCUT2D eigenvalue weighted by atomic mass is 16.5. The number of ether oxygens (including phenoxy) is 2. The van der Waals surface area contributed by atoms with Crippen LogP contribution in [0.25, 0.3) is 11.1 Å². The predicted molar refractivity (Wildman–Crippen MR) is 166 cm³/mol. The van der Waals surface area contributed by atoms with Gasteiger partial charge in [0.2, 0.25) is 0 Å². The van der Waals surface area contributed by atoms with Crippen molar-refractivity contribution in [1.29, 1.82) is 0 Å². The van der Waals surface area contributed by atoms with Crippen LogP contribution in [0.1, 0.15) is 95.5 Å². The molecule has 2 aliphatic carbocycles. The van der Waals surface area contributed by atoms with Gasteiger partial charge in [0.15, 0.2) is 0 Å². The molecular weight excluding hydrogens is 544 g/mol. The van der Waals surface area contributed by atoms with Crippen molar-refractivity contribution in [3.8, 4) is 22.6 Å². The third-order valence-electron chi connectivity index (χ3n) is 9.41. The molecule has 0 spiro atoms. The molecule has 2 N–H and O–H groups in total. The fourth-order valence-electron chi connectivity index (χ4n) is 6.83. The van der Waals surface area contributed by atoms with Gasteiger partial charge in [0.1, 0.15) is 18.1 Å². The molecular formula is C36H46O7. The zero-order chi connectivity index (χ0) is 30.8. The maximum Gasteiger partial charge on any atom is 0.382 e. The maximum absolute atomic E-state index is 12.2. The number of aliphatic hydroxyl groups is 2. The molecule has 0 heterocycles. The molecule has 0 aromatic heterocycles. The van der Waals surface area contributed by atoms with Crippen LogP contribution in [-0.2, 0) is 14.4 Å². The Hall–Kier alpha value is -3.29. The van der Waals surface area contributed by atoms with Crippen LogP contribution in [-0.4, -0.2) is 41.1 Å². The summed E-state index contributed by atoms with van der Waals surface area (Å²) in [4.78, 5) is 35.8. The van der Waals surface area contributed by atoms with Crippen LogP contribution in [0.2, 0.25) is 0 Å². The number of carbonyl (C=O) groups is 3. The Kier molecular flexibility index (Phi) is 12.1. The predicted octanol–water partition coefficient (Wildman–Crippen LogP) is 6.93. The van der Waals surface area contributed by atoms with Crippen LogP contribution in [0.15, 0.2) is 54.6 Å². The summed E-state index contributed by atoms with van der Waals surface area (Å²) in [6, 6.07) is 12.7. The van der Waals surface area contributed by atoms with Gasteiger partial charge < -0.3 is 19.7 Å². The third-order valence-corrected chi connectivity index (χ3v) is 9.41. The molecule has 0 unspecified atom stereocenters. The van der Waals surface area contributed by atoms with Crippen molar-refractivity contribution < 1.29 is 34.1 Å². The second-order valence-corrected chi connectivity index (χ2v) is 12.3. The van der Waals surface area contributed by atoms with E-state index < -0.39 is 30.9 Å². The van der Waals surface area contributed by atoms with E-state index in [0.29, 0.717) is 11.5 Å². The lowest BCUT2D eigenvalue weighted by atomic mass is 9.68. The molecule has 2 saturated carbocycles. The topological polar surface area (TPSA) is 110 Å². The Morgan fingerprint density at radius 1 is 0.744 bits per heavy atom. The molecule has 43 heavy (non-hydrogen) atoms. The lowest BCUT2D eigenvalue weighted by Gasteiger charge is -2.38. The second-order valence-electron chi connectivity index (χ2n) is 12.3. The first-order chi connectivity index (χ1) is 20.8. The molecule has 2 aromatic rings. The Morgan fingerprint density at radius 2 is 1.33 bits per heavy atom. The number of carbonyl (C=O) groups excluding carboxylic acids is 3. The molecule has 232 valence electrons.